The van der Waals surface area contributed by atoms with Crippen LogP contribution in [0.25, 0.3) is 0 Å². The van der Waals surface area contributed by atoms with Crippen molar-refractivity contribution >= 4 is 39.5 Å². The van der Waals surface area contributed by atoms with Crippen LogP contribution in [0.1, 0.15) is 421 Å². The molecular formula is C82H160O17P2. The Balaban J connectivity index is 5.20. The Bertz CT molecular complexity index is 1980. The van der Waals surface area contributed by atoms with Gasteiger partial charge < -0.3 is 33.8 Å². The highest BCUT2D eigenvalue weighted by atomic mass is 31.2. The van der Waals surface area contributed by atoms with Crippen molar-refractivity contribution in [1.82, 2.24) is 0 Å². The molecule has 0 amide bonds. The number of aliphatic hydroxyl groups excluding tert-OH is 1. The van der Waals surface area contributed by atoms with E-state index in [1.165, 1.54) is 218 Å². The monoisotopic (exact) mass is 1480 g/mol. The molecule has 17 nitrogen and oxygen atoms in total. The molecule has 0 aromatic carbocycles. The maximum atomic E-state index is 13.1. The summed E-state index contributed by atoms with van der Waals surface area (Å²) in [5, 5.41) is 10.6. The van der Waals surface area contributed by atoms with E-state index >= 15 is 0 Å². The quantitative estimate of drug-likeness (QED) is 0.0222. The fraction of sp³-hybridized carbons (Fsp3) is 0.951. The summed E-state index contributed by atoms with van der Waals surface area (Å²) in [5.74, 6) is 1.02. The summed E-state index contributed by atoms with van der Waals surface area (Å²) in [6.07, 6.45) is 58.4. The number of esters is 4. The summed E-state index contributed by atoms with van der Waals surface area (Å²) >= 11 is 0. The van der Waals surface area contributed by atoms with Crippen LogP contribution in [0.15, 0.2) is 0 Å². The lowest BCUT2D eigenvalue weighted by atomic mass is 9.99. The maximum Gasteiger partial charge on any atom is 0.472 e. The Labute approximate surface area is 619 Å². The van der Waals surface area contributed by atoms with Crippen molar-refractivity contribution in [3.05, 3.63) is 0 Å². The first kappa shape index (κ1) is 99.1. The minimum atomic E-state index is -4.96. The van der Waals surface area contributed by atoms with Gasteiger partial charge in [-0.3, -0.25) is 37.3 Å². The number of phosphoric acid groups is 2. The molecule has 0 fully saturated rings. The third-order valence-electron chi connectivity index (χ3n) is 19.8. The van der Waals surface area contributed by atoms with Crippen LogP contribution in [0.4, 0.5) is 0 Å². The summed E-state index contributed by atoms with van der Waals surface area (Å²) < 4.78 is 68.7. The molecule has 0 radical (unpaired) electrons. The number of rotatable bonds is 79. The molecule has 0 rings (SSSR count). The summed E-state index contributed by atoms with van der Waals surface area (Å²) in [4.78, 5) is 73.0. The largest absolute Gasteiger partial charge is 0.472 e. The van der Waals surface area contributed by atoms with Gasteiger partial charge in [0.1, 0.15) is 19.3 Å². The lowest BCUT2D eigenvalue weighted by Gasteiger charge is -2.21. The first-order valence-electron chi connectivity index (χ1n) is 42.3. The Hall–Kier alpha value is -1.94. The van der Waals surface area contributed by atoms with E-state index in [4.69, 9.17) is 37.0 Å². The van der Waals surface area contributed by atoms with Gasteiger partial charge in [0, 0.05) is 25.7 Å². The molecule has 0 aliphatic heterocycles. The molecule has 0 spiro atoms. The molecule has 0 heterocycles. The number of phosphoric ester groups is 2. The third kappa shape index (κ3) is 73.4. The van der Waals surface area contributed by atoms with Crippen molar-refractivity contribution in [2.24, 2.45) is 23.7 Å². The zero-order valence-electron chi connectivity index (χ0n) is 66.5. The first-order valence-corrected chi connectivity index (χ1v) is 45.3. The Morgan fingerprint density at radius 3 is 0.703 bits per heavy atom. The fourth-order valence-corrected chi connectivity index (χ4v) is 14.1. The average molecular weight is 1480 g/mol. The standard InChI is InChI=1S/C82H160O17P2/c1-9-74(7)60-52-44-36-30-24-20-15-13-11-12-14-16-21-25-31-37-46-54-62-79(84)92-68-77(98-81(86)64-56-48-38-32-26-22-18-17-19-23-28-34-42-50-58-72(3)4)70-96-100(88,89)94-66-76(83)67-95-101(90,91)97-71-78(69-93-80(85)63-55-47-41-40-45-53-61-75(8)10-2)99-82(87)65-57-49-39-33-27-29-35-43-51-59-73(5)6/h72-78,83H,9-71H2,1-8H3,(H,88,89)(H,90,91)/t74?,75?,76-,77-,78-/m1/s1. The number of carbonyl (C=O) groups is 4. The van der Waals surface area contributed by atoms with E-state index in [0.717, 1.165) is 120 Å². The van der Waals surface area contributed by atoms with E-state index in [1.807, 2.05) is 0 Å². The van der Waals surface area contributed by atoms with Crippen LogP contribution in [0.5, 0.6) is 0 Å². The zero-order chi connectivity index (χ0) is 74.6. The van der Waals surface area contributed by atoms with Gasteiger partial charge in [-0.25, -0.2) is 9.13 Å². The van der Waals surface area contributed by atoms with Crippen molar-refractivity contribution in [3.8, 4) is 0 Å². The molecule has 0 saturated carbocycles. The van der Waals surface area contributed by atoms with Crippen molar-refractivity contribution in [2.75, 3.05) is 39.6 Å². The molecule has 0 aromatic rings. The van der Waals surface area contributed by atoms with Crippen molar-refractivity contribution < 1.29 is 80.2 Å². The number of unbranched alkanes of at least 4 members (excludes halogenated alkanes) is 43. The fourth-order valence-electron chi connectivity index (χ4n) is 12.5. The van der Waals surface area contributed by atoms with Crippen LogP contribution < -0.4 is 0 Å². The number of hydrogen-bond donors (Lipinski definition) is 3. The minimum absolute atomic E-state index is 0.104. The van der Waals surface area contributed by atoms with Crippen LogP contribution in [0, 0.1) is 23.7 Å². The highest BCUT2D eigenvalue weighted by Gasteiger charge is 2.30. The van der Waals surface area contributed by atoms with E-state index in [2.05, 4.69) is 55.4 Å². The SMILES string of the molecule is CCC(C)CCCCCCCCCCCCCCCCCCCCC(=O)OC[C@H](COP(=O)(O)OC[C@@H](O)COP(=O)(O)OC[C@@H](COC(=O)CCCCCCCCC(C)CC)OC(=O)CCCCCCCCCCCC(C)C)OC(=O)CCCCCCCCCCCCCCCCC(C)C. The molecule has 0 saturated heterocycles. The van der Waals surface area contributed by atoms with Crippen molar-refractivity contribution in [3.63, 3.8) is 0 Å². The number of aliphatic hydroxyl groups is 1. The van der Waals surface area contributed by atoms with Gasteiger partial charge in [-0.05, 0) is 49.4 Å². The Kier molecular flexibility index (Phi) is 69.6. The first-order chi connectivity index (χ1) is 48.7. The third-order valence-corrected chi connectivity index (χ3v) is 21.7. The second-order valence-electron chi connectivity index (χ2n) is 31.0. The molecule has 0 aromatic heterocycles. The highest BCUT2D eigenvalue weighted by molar-refractivity contribution is 7.47. The number of ether oxygens (including phenoxy) is 4. The molecular weight excluding hydrogens is 1320 g/mol. The van der Waals surface area contributed by atoms with E-state index in [1.54, 1.807) is 0 Å². The summed E-state index contributed by atoms with van der Waals surface area (Å²) in [6, 6.07) is 0. The predicted octanol–water partition coefficient (Wildman–Crippen LogP) is 24.4. The van der Waals surface area contributed by atoms with Crippen LogP contribution >= 0.6 is 15.6 Å². The Morgan fingerprint density at radius 2 is 0.475 bits per heavy atom. The second kappa shape index (κ2) is 71.0. The van der Waals surface area contributed by atoms with E-state index in [-0.39, 0.29) is 25.7 Å². The van der Waals surface area contributed by atoms with Crippen LogP contribution in [-0.4, -0.2) is 96.7 Å². The molecule has 4 unspecified atom stereocenters. The summed E-state index contributed by atoms with van der Waals surface area (Å²) in [5.41, 5.74) is 0. The van der Waals surface area contributed by atoms with Crippen molar-refractivity contribution in [2.45, 2.75) is 440 Å². The molecule has 19 heteroatoms. The van der Waals surface area contributed by atoms with Crippen LogP contribution in [0.2, 0.25) is 0 Å². The number of hydrogen-bond acceptors (Lipinski definition) is 15. The normalized spacial score (nSPS) is 14.5. The molecule has 600 valence electrons. The Morgan fingerprint density at radius 1 is 0.277 bits per heavy atom. The molecule has 7 atom stereocenters. The summed E-state index contributed by atoms with van der Waals surface area (Å²) in [6.45, 7) is 14.3. The van der Waals surface area contributed by atoms with Crippen molar-refractivity contribution in [1.29, 1.82) is 0 Å². The smallest absolute Gasteiger partial charge is 0.462 e. The molecule has 0 aliphatic carbocycles. The molecule has 3 N–H and O–H groups in total. The lowest BCUT2D eigenvalue weighted by Crippen LogP contribution is -2.30. The van der Waals surface area contributed by atoms with Gasteiger partial charge in [0.15, 0.2) is 12.2 Å². The average Bonchev–Trinajstić information content (AvgIpc) is 1.19. The molecule has 0 bridgehead atoms. The summed E-state index contributed by atoms with van der Waals surface area (Å²) in [7, 11) is -9.92. The van der Waals surface area contributed by atoms with Gasteiger partial charge in [0.2, 0.25) is 0 Å². The van der Waals surface area contributed by atoms with Gasteiger partial charge in [-0.1, -0.05) is 370 Å². The van der Waals surface area contributed by atoms with Crippen LogP contribution in [0.3, 0.4) is 0 Å². The zero-order valence-corrected chi connectivity index (χ0v) is 68.3. The highest BCUT2D eigenvalue weighted by Crippen LogP contribution is 2.45. The second-order valence-corrected chi connectivity index (χ2v) is 33.9. The molecule has 101 heavy (non-hydrogen) atoms. The van der Waals surface area contributed by atoms with Gasteiger partial charge in [0.25, 0.3) is 0 Å². The van der Waals surface area contributed by atoms with E-state index in [0.29, 0.717) is 25.7 Å². The van der Waals surface area contributed by atoms with E-state index in [9.17, 15) is 43.2 Å². The van der Waals surface area contributed by atoms with Gasteiger partial charge in [-0.15, -0.1) is 0 Å². The van der Waals surface area contributed by atoms with Crippen LogP contribution in [-0.2, 0) is 65.4 Å². The molecule has 0 aliphatic rings. The predicted molar refractivity (Wildman–Crippen MR) is 414 cm³/mol. The van der Waals surface area contributed by atoms with Gasteiger partial charge in [-0.2, -0.15) is 0 Å². The number of carbonyl (C=O) groups excluding carboxylic acids is 4. The van der Waals surface area contributed by atoms with Gasteiger partial charge in [0.05, 0.1) is 26.4 Å². The maximum absolute atomic E-state index is 13.1. The lowest BCUT2D eigenvalue weighted by molar-refractivity contribution is -0.161. The minimum Gasteiger partial charge on any atom is -0.462 e. The van der Waals surface area contributed by atoms with Gasteiger partial charge >= 0.3 is 39.5 Å². The van der Waals surface area contributed by atoms with E-state index < -0.39 is 97.5 Å². The topological polar surface area (TPSA) is 237 Å².